The molecule has 2 aromatic carbocycles. The number of hydrogen-bond acceptors (Lipinski definition) is 8. The number of aromatic nitrogens is 4. The van der Waals surface area contributed by atoms with Crippen molar-refractivity contribution in [3.63, 3.8) is 0 Å². The standard InChI is InChI=1S/C31H40N8O/c1-3-40-27-7-5-4-6-23(27)20-33-24-10-8-22(9-11-24)29-28-30(32)34-21-35-31(28)39(36-29)26-14-12-25(13-15-26)38-18-16-37(2)17-19-38/h4-11,21,25-26,33H,3,12-20H2,1-2H3,(H2,32,34,35). The second-order valence-electron chi connectivity index (χ2n) is 11.0. The summed E-state index contributed by atoms with van der Waals surface area (Å²) in [6, 6.07) is 17.5. The molecule has 2 aromatic heterocycles. The van der Waals surface area contributed by atoms with Crippen LogP contribution >= 0.6 is 0 Å². The number of benzene rings is 2. The Morgan fingerprint density at radius 2 is 1.65 bits per heavy atom. The fourth-order valence-electron chi connectivity index (χ4n) is 6.20. The summed E-state index contributed by atoms with van der Waals surface area (Å²) in [6.45, 7) is 8.02. The van der Waals surface area contributed by atoms with E-state index in [9.17, 15) is 0 Å². The number of hydrogen-bond donors (Lipinski definition) is 2. The number of nitrogens with zero attached hydrogens (tertiary/aromatic N) is 6. The Labute approximate surface area is 236 Å². The van der Waals surface area contributed by atoms with Crippen molar-refractivity contribution in [2.75, 3.05) is 50.9 Å². The summed E-state index contributed by atoms with van der Waals surface area (Å²) in [7, 11) is 2.22. The smallest absolute Gasteiger partial charge is 0.164 e. The molecular weight excluding hydrogens is 500 g/mol. The molecule has 4 aromatic rings. The van der Waals surface area contributed by atoms with E-state index in [2.05, 4.69) is 67.1 Å². The predicted molar refractivity (Wildman–Crippen MR) is 160 cm³/mol. The molecule has 2 fully saturated rings. The third-order valence-electron chi connectivity index (χ3n) is 8.50. The second kappa shape index (κ2) is 11.8. The van der Waals surface area contributed by atoms with Crippen molar-refractivity contribution in [2.24, 2.45) is 0 Å². The molecule has 40 heavy (non-hydrogen) atoms. The zero-order valence-electron chi connectivity index (χ0n) is 23.6. The summed E-state index contributed by atoms with van der Waals surface area (Å²) in [6.07, 6.45) is 6.14. The topological polar surface area (TPSA) is 97.4 Å². The molecule has 9 heteroatoms. The van der Waals surface area contributed by atoms with Crippen LogP contribution < -0.4 is 15.8 Å². The summed E-state index contributed by atoms with van der Waals surface area (Å²) in [4.78, 5) is 14.1. The number of ether oxygens (including phenoxy) is 1. The third kappa shape index (κ3) is 5.48. The average Bonchev–Trinajstić information content (AvgIpc) is 3.39. The Morgan fingerprint density at radius 3 is 2.40 bits per heavy atom. The van der Waals surface area contributed by atoms with Crippen LogP contribution in [0.4, 0.5) is 11.5 Å². The highest BCUT2D eigenvalue weighted by atomic mass is 16.5. The maximum Gasteiger partial charge on any atom is 0.164 e. The fourth-order valence-corrected chi connectivity index (χ4v) is 6.20. The van der Waals surface area contributed by atoms with E-state index in [0.717, 1.165) is 65.2 Å². The molecule has 9 nitrogen and oxygen atoms in total. The van der Waals surface area contributed by atoms with E-state index in [4.69, 9.17) is 15.6 Å². The minimum absolute atomic E-state index is 0.320. The van der Waals surface area contributed by atoms with Crippen LogP contribution in [0.1, 0.15) is 44.2 Å². The lowest BCUT2D eigenvalue weighted by molar-refractivity contribution is 0.0815. The van der Waals surface area contributed by atoms with E-state index in [1.165, 1.54) is 25.9 Å². The lowest BCUT2D eigenvalue weighted by Crippen LogP contribution is -2.49. The molecule has 6 rings (SSSR count). The van der Waals surface area contributed by atoms with Gasteiger partial charge in [-0.25, -0.2) is 14.6 Å². The van der Waals surface area contributed by atoms with Gasteiger partial charge in [-0.1, -0.05) is 30.3 Å². The molecular formula is C31H40N8O. The first-order valence-electron chi connectivity index (χ1n) is 14.6. The van der Waals surface area contributed by atoms with E-state index < -0.39 is 0 Å². The number of fused-ring (bicyclic) bond motifs is 1. The van der Waals surface area contributed by atoms with Crippen LogP contribution in [0.25, 0.3) is 22.3 Å². The highest BCUT2D eigenvalue weighted by molar-refractivity contribution is 5.98. The minimum Gasteiger partial charge on any atom is -0.494 e. The zero-order valence-corrected chi connectivity index (χ0v) is 23.6. The van der Waals surface area contributed by atoms with Gasteiger partial charge in [0.1, 0.15) is 23.6 Å². The first-order chi connectivity index (χ1) is 19.6. The Hall–Kier alpha value is -3.69. The Kier molecular flexibility index (Phi) is 7.84. The van der Waals surface area contributed by atoms with Gasteiger partial charge in [-0.2, -0.15) is 5.10 Å². The van der Waals surface area contributed by atoms with Crippen LogP contribution in [0.5, 0.6) is 5.75 Å². The quantitative estimate of drug-likeness (QED) is 0.328. The Bertz CT molecular complexity index is 1420. The van der Waals surface area contributed by atoms with Crippen molar-refractivity contribution in [3.05, 3.63) is 60.4 Å². The van der Waals surface area contributed by atoms with Gasteiger partial charge in [0, 0.05) is 55.6 Å². The van der Waals surface area contributed by atoms with Gasteiger partial charge in [-0.15, -0.1) is 0 Å². The Balaban J connectivity index is 1.19. The summed E-state index contributed by atoms with van der Waals surface area (Å²) in [5, 5.41) is 9.48. The molecule has 2 aliphatic rings. The number of para-hydroxylation sites is 1. The molecule has 0 amide bonds. The number of nitrogens with two attached hydrogens (primary N) is 1. The lowest BCUT2D eigenvalue weighted by Gasteiger charge is -2.41. The van der Waals surface area contributed by atoms with Crippen LogP contribution in [0.15, 0.2) is 54.9 Å². The summed E-state index contributed by atoms with van der Waals surface area (Å²) in [5.41, 5.74) is 11.3. The SMILES string of the molecule is CCOc1ccccc1CNc1ccc(-c2nn(C3CCC(N4CCN(C)CC4)CC3)c3ncnc(N)c23)cc1. The molecule has 1 aliphatic carbocycles. The van der Waals surface area contributed by atoms with Crippen LogP contribution in [0.2, 0.25) is 0 Å². The van der Waals surface area contributed by atoms with E-state index in [-0.39, 0.29) is 0 Å². The molecule has 1 saturated carbocycles. The first-order valence-corrected chi connectivity index (χ1v) is 14.6. The summed E-state index contributed by atoms with van der Waals surface area (Å²) < 4.78 is 7.89. The number of anilines is 2. The number of nitrogens with one attached hydrogen (secondary N) is 1. The van der Waals surface area contributed by atoms with Crippen LogP contribution in [0.3, 0.4) is 0 Å². The normalized spacial score (nSPS) is 20.6. The van der Waals surface area contributed by atoms with Crippen molar-refractivity contribution in [1.82, 2.24) is 29.5 Å². The van der Waals surface area contributed by atoms with Crippen molar-refractivity contribution < 1.29 is 4.74 Å². The maximum atomic E-state index is 6.41. The van der Waals surface area contributed by atoms with Gasteiger partial charge >= 0.3 is 0 Å². The largest absolute Gasteiger partial charge is 0.494 e. The van der Waals surface area contributed by atoms with Crippen LogP contribution in [0, 0.1) is 0 Å². The van der Waals surface area contributed by atoms with Crippen molar-refractivity contribution >= 4 is 22.5 Å². The van der Waals surface area contributed by atoms with E-state index in [0.29, 0.717) is 31.1 Å². The number of rotatable bonds is 8. The van der Waals surface area contributed by atoms with E-state index in [1.54, 1.807) is 6.33 Å². The van der Waals surface area contributed by atoms with Gasteiger partial charge in [0.25, 0.3) is 0 Å². The maximum absolute atomic E-state index is 6.41. The van der Waals surface area contributed by atoms with Gasteiger partial charge in [0.05, 0.1) is 18.0 Å². The van der Waals surface area contributed by atoms with Gasteiger partial charge in [0.2, 0.25) is 0 Å². The molecule has 1 saturated heterocycles. The molecule has 0 unspecified atom stereocenters. The molecule has 210 valence electrons. The molecule has 1 aliphatic heterocycles. The molecule has 0 spiro atoms. The molecule has 0 atom stereocenters. The zero-order chi connectivity index (χ0) is 27.5. The van der Waals surface area contributed by atoms with Crippen molar-refractivity contribution in [2.45, 2.75) is 51.2 Å². The van der Waals surface area contributed by atoms with E-state index >= 15 is 0 Å². The van der Waals surface area contributed by atoms with Crippen LogP contribution in [-0.2, 0) is 6.54 Å². The number of nitrogen functional groups attached to an aromatic ring is 1. The Morgan fingerprint density at radius 1 is 0.925 bits per heavy atom. The second-order valence-corrected chi connectivity index (χ2v) is 11.0. The third-order valence-corrected chi connectivity index (χ3v) is 8.50. The highest BCUT2D eigenvalue weighted by Gasteiger charge is 2.30. The molecule has 3 heterocycles. The molecule has 0 bridgehead atoms. The highest BCUT2D eigenvalue weighted by Crippen LogP contribution is 2.37. The monoisotopic (exact) mass is 540 g/mol. The van der Waals surface area contributed by atoms with Gasteiger partial charge in [0.15, 0.2) is 5.65 Å². The van der Waals surface area contributed by atoms with Gasteiger partial charge < -0.3 is 20.7 Å². The molecule has 3 N–H and O–H groups in total. The summed E-state index contributed by atoms with van der Waals surface area (Å²) in [5.74, 6) is 1.39. The van der Waals surface area contributed by atoms with Gasteiger partial charge in [-0.3, -0.25) is 4.90 Å². The minimum atomic E-state index is 0.320. The summed E-state index contributed by atoms with van der Waals surface area (Å²) >= 11 is 0. The molecule has 0 radical (unpaired) electrons. The lowest BCUT2D eigenvalue weighted by atomic mass is 9.90. The van der Waals surface area contributed by atoms with Crippen LogP contribution in [-0.4, -0.2) is 75.4 Å². The first kappa shape index (κ1) is 26.5. The predicted octanol–water partition coefficient (Wildman–Crippen LogP) is 4.82. The van der Waals surface area contributed by atoms with Gasteiger partial charge in [-0.05, 0) is 57.9 Å². The number of likely N-dealkylation sites (N-methyl/N-ethyl adjacent to an activating group) is 1. The fraction of sp³-hybridized carbons (Fsp3) is 0.452. The van der Waals surface area contributed by atoms with Crippen molar-refractivity contribution in [3.8, 4) is 17.0 Å². The number of piperazine rings is 1. The van der Waals surface area contributed by atoms with E-state index in [1.807, 2.05) is 25.1 Å². The van der Waals surface area contributed by atoms with Crippen molar-refractivity contribution in [1.29, 1.82) is 0 Å². The average molecular weight is 541 g/mol.